The van der Waals surface area contributed by atoms with Crippen LogP contribution in [-0.2, 0) is 22.2 Å². The number of carboxylic acids is 1. The molecule has 0 amide bonds. The van der Waals surface area contributed by atoms with Crippen molar-refractivity contribution in [2.24, 2.45) is 0 Å². The lowest BCUT2D eigenvalue weighted by molar-refractivity contribution is -0.274. The van der Waals surface area contributed by atoms with E-state index in [0.717, 1.165) is 16.5 Å². The highest BCUT2D eigenvalue weighted by molar-refractivity contribution is 7.98. The lowest BCUT2D eigenvalue weighted by atomic mass is 10.1. The van der Waals surface area contributed by atoms with Gasteiger partial charge in [0.2, 0.25) is 0 Å². The number of hydrogen-bond acceptors (Lipinski definition) is 5. The van der Waals surface area contributed by atoms with Gasteiger partial charge in [-0.3, -0.25) is 4.72 Å². The van der Waals surface area contributed by atoms with Crippen LogP contribution in [0.1, 0.15) is 28.4 Å². The highest BCUT2D eigenvalue weighted by Crippen LogP contribution is 2.28. The number of thioether (sulfide) groups is 1. The van der Waals surface area contributed by atoms with E-state index in [2.05, 4.69) is 9.46 Å². The summed E-state index contributed by atoms with van der Waals surface area (Å²) < 4.78 is 68.4. The maximum atomic E-state index is 12.7. The first kappa shape index (κ1) is 25.4. The number of ether oxygens (including phenoxy) is 1. The summed E-state index contributed by atoms with van der Waals surface area (Å²) in [5.74, 6) is -1.01. The second kappa shape index (κ2) is 10.4. The fourth-order valence-electron chi connectivity index (χ4n) is 3.02. The van der Waals surface area contributed by atoms with Crippen molar-refractivity contribution in [2.45, 2.75) is 35.3 Å². The van der Waals surface area contributed by atoms with Crippen molar-refractivity contribution >= 4 is 33.4 Å². The van der Waals surface area contributed by atoms with Gasteiger partial charge in [0.25, 0.3) is 10.0 Å². The number of benzene rings is 3. The molecular weight excluding hydrogens is 491 g/mol. The summed E-state index contributed by atoms with van der Waals surface area (Å²) in [6, 6.07) is 16.1. The van der Waals surface area contributed by atoms with Crippen molar-refractivity contribution in [1.29, 1.82) is 0 Å². The maximum Gasteiger partial charge on any atom is 0.573 e. The molecule has 3 aromatic carbocycles. The minimum atomic E-state index is -4.74. The van der Waals surface area contributed by atoms with E-state index >= 15 is 0 Å². The average molecular weight is 512 g/mol. The monoisotopic (exact) mass is 511 g/mol. The number of aryl methyl sites for hydroxylation is 1. The van der Waals surface area contributed by atoms with Gasteiger partial charge in [0.05, 0.1) is 10.5 Å². The Hall–Kier alpha value is -3.18. The second-order valence-corrected chi connectivity index (χ2v) is 9.82. The van der Waals surface area contributed by atoms with Crippen LogP contribution in [0.25, 0.3) is 0 Å². The van der Waals surface area contributed by atoms with Gasteiger partial charge >= 0.3 is 12.3 Å². The highest BCUT2D eigenvalue weighted by atomic mass is 32.2. The zero-order valence-electron chi connectivity index (χ0n) is 17.8. The Morgan fingerprint density at radius 1 is 1.03 bits per heavy atom. The van der Waals surface area contributed by atoms with Crippen LogP contribution in [0.3, 0.4) is 0 Å². The summed E-state index contributed by atoms with van der Waals surface area (Å²) in [4.78, 5) is 12.1. The molecular formula is C23H20F3NO5S2. The van der Waals surface area contributed by atoms with Crippen LogP contribution < -0.4 is 9.46 Å². The van der Waals surface area contributed by atoms with Gasteiger partial charge in [-0.15, -0.1) is 24.9 Å². The molecule has 0 aliphatic heterocycles. The molecule has 180 valence electrons. The average Bonchev–Trinajstić information content (AvgIpc) is 2.78. The Balaban J connectivity index is 1.63. The van der Waals surface area contributed by atoms with Gasteiger partial charge < -0.3 is 9.84 Å². The Kier molecular flexibility index (Phi) is 7.78. The number of hydrogen-bond donors (Lipinski definition) is 2. The second-order valence-electron chi connectivity index (χ2n) is 7.09. The normalized spacial score (nSPS) is 11.8. The van der Waals surface area contributed by atoms with Crippen LogP contribution in [0, 0.1) is 0 Å². The smallest absolute Gasteiger partial charge is 0.478 e. The number of halogens is 3. The molecule has 0 radical (unpaired) electrons. The molecule has 6 nitrogen and oxygen atoms in total. The first-order chi connectivity index (χ1) is 16.0. The lowest BCUT2D eigenvalue weighted by Gasteiger charge is -2.11. The van der Waals surface area contributed by atoms with Gasteiger partial charge in [0, 0.05) is 16.3 Å². The van der Waals surface area contributed by atoms with Crippen molar-refractivity contribution < 1.29 is 36.2 Å². The molecule has 3 aromatic rings. The zero-order valence-corrected chi connectivity index (χ0v) is 19.4. The third-order valence-electron chi connectivity index (χ3n) is 4.67. The number of nitrogens with one attached hydrogen (secondary N) is 1. The maximum absolute atomic E-state index is 12.7. The standard InChI is InChI=1S/C23H20F3NO5S2/c1-2-16-5-12-20(13-21(16)22(28)29)34(30,31)27-17-6-10-19(11-7-17)33-14-15-3-8-18(9-4-15)32-23(24,25)26/h3-13,27H,2,14H2,1H3,(H,28,29). The zero-order chi connectivity index (χ0) is 24.9. The summed E-state index contributed by atoms with van der Waals surface area (Å²) in [6.45, 7) is 1.78. The molecule has 34 heavy (non-hydrogen) atoms. The van der Waals surface area contributed by atoms with Crippen LogP contribution in [0.4, 0.5) is 18.9 Å². The molecule has 0 spiro atoms. The van der Waals surface area contributed by atoms with E-state index in [0.29, 0.717) is 23.4 Å². The number of aromatic carboxylic acids is 1. The van der Waals surface area contributed by atoms with Crippen molar-refractivity contribution in [2.75, 3.05) is 4.72 Å². The van der Waals surface area contributed by atoms with Crippen molar-refractivity contribution in [3.63, 3.8) is 0 Å². The fraction of sp³-hybridized carbons (Fsp3) is 0.174. The third-order valence-corrected chi connectivity index (χ3v) is 7.13. The van der Waals surface area contributed by atoms with Crippen LogP contribution >= 0.6 is 11.8 Å². The van der Waals surface area contributed by atoms with Crippen molar-refractivity contribution in [1.82, 2.24) is 0 Å². The van der Waals surface area contributed by atoms with E-state index < -0.39 is 22.4 Å². The summed E-state index contributed by atoms with van der Waals surface area (Å²) in [7, 11) is -3.99. The van der Waals surface area contributed by atoms with E-state index in [-0.39, 0.29) is 16.2 Å². The molecule has 0 atom stereocenters. The molecule has 0 saturated carbocycles. The van der Waals surface area contributed by atoms with Gasteiger partial charge in [-0.05, 0) is 66.1 Å². The molecule has 0 unspecified atom stereocenters. The molecule has 0 aliphatic rings. The van der Waals surface area contributed by atoms with Crippen LogP contribution in [0.5, 0.6) is 5.75 Å². The van der Waals surface area contributed by atoms with Gasteiger partial charge in [-0.2, -0.15) is 0 Å². The predicted molar refractivity (Wildman–Crippen MR) is 123 cm³/mol. The Bertz CT molecular complexity index is 1260. The lowest BCUT2D eigenvalue weighted by Crippen LogP contribution is -2.16. The summed E-state index contributed by atoms with van der Waals surface area (Å²) in [6.07, 6.45) is -4.28. The van der Waals surface area contributed by atoms with Crippen LogP contribution in [0.15, 0.2) is 76.5 Å². The molecule has 0 bridgehead atoms. The van der Waals surface area contributed by atoms with Gasteiger partial charge in [-0.25, -0.2) is 13.2 Å². The Morgan fingerprint density at radius 3 is 2.24 bits per heavy atom. The molecule has 2 N–H and O–H groups in total. The summed E-state index contributed by atoms with van der Waals surface area (Å²) in [5.41, 5.74) is 1.56. The van der Waals surface area contributed by atoms with E-state index in [9.17, 15) is 31.5 Å². The van der Waals surface area contributed by atoms with E-state index in [1.165, 1.54) is 48.2 Å². The predicted octanol–water partition coefficient (Wildman–Crippen LogP) is 5.94. The van der Waals surface area contributed by atoms with Crippen LogP contribution in [0.2, 0.25) is 0 Å². The number of sulfonamides is 1. The largest absolute Gasteiger partial charge is 0.573 e. The number of anilines is 1. The number of alkyl halides is 3. The van der Waals surface area contributed by atoms with Crippen molar-refractivity contribution in [3.8, 4) is 5.75 Å². The summed E-state index contributed by atoms with van der Waals surface area (Å²) >= 11 is 1.42. The number of rotatable bonds is 9. The molecule has 3 rings (SSSR count). The highest BCUT2D eigenvalue weighted by Gasteiger charge is 2.30. The minimum Gasteiger partial charge on any atom is -0.478 e. The first-order valence-electron chi connectivity index (χ1n) is 9.93. The third kappa shape index (κ3) is 6.91. The van der Waals surface area contributed by atoms with Crippen LogP contribution in [-0.4, -0.2) is 25.9 Å². The Labute approximate surface area is 198 Å². The molecule has 11 heteroatoms. The first-order valence-corrected chi connectivity index (χ1v) is 12.4. The SMILES string of the molecule is CCc1ccc(S(=O)(=O)Nc2ccc(SCc3ccc(OC(F)(F)F)cc3)cc2)cc1C(=O)O. The molecule has 0 heterocycles. The number of carbonyl (C=O) groups is 1. The summed E-state index contributed by atoms with van der Waals surface area (Å²) in [5, 5.41) is 9.33. The fourth-order valence-corrected chi connectivity index (χ4v) is 4.96. The molecule has 0 aliphatic carbocycles. The quantitative estimate of drug-likeness (QED) is 0.346. The topological polar surface area (TPSA) is 92.7 Å². The molecule has 0 fully saturated rings. The van der Waals surface area contributed by atoms with E-state index in [4.69, 9.17) is 0 Å². The minimum absolute atomic E-state index is 0.0601. The van der Waals surface area contributed by atoms with E-state index in [1.807, 2.05) is 0 Å². The van der Waals surface area contributed by atoms with Crippen molar-refractivity contribution in [3.05, 3.63) is 83.4 Å². The molecule has 0 aromatic heterocycles. The van der Waals surface area contributed by atoms with Gasteiger partial charge in [0.1, 0.15) is 5.75 Å². The van der Waals surface area contributed by atoms with Gasteiger partial charge in [-0.1, -0.05) is 25.1 Å². The number of carboxylic acid groups (broad SMARTS) is 1. The van der Waals surface area contributed by atoms with Gasteiger partial charge in [0.15, 0.2) is 0 Å². The van der Waals surface area contributed by atoms with E-state index in [1.54, 1.807) is 31.2 Å². The molecule has 0 saturated heterocycles. The Morgan fingerprint density at radius 2 is 1.68 bits per heavy atom.